The Balaban J connectivity index is 1.91. The summed E-state index contributed by atoms with van der Waals surface area (Å²) in [5.74, 6) is -1.74. The number of quaternary nitrogens is 2. The molecule has 24 heavy (non-hydrogen) atoms. The summed E-state index contributed by atoms with van der Waals surface area (Å²) in [5, 5.41) is 16.0. The van der Waals surface area contributed by atoms with Gasteiger partial charge in [0.05, 0.1) is 12.4 Å². The van der Waals surface area contributed by atoms with Crippen LogP contribution in [-0.4, -0.2) is 50.7 Å². The van der Waals surface area contributed by atoms with Crippen molar-refractivity contribution in [3.63, 3.8) is 0 Å². The van der Waals surface area contributed by atoms with E-state index in [2.05, 4.69) is 15.4 Å². The van der Waals surface area contributed by atoms with Gasteiger partial charge in [0, 0.05) is 5.69 Å². The molecule has 0 aliphatic carbocycles. The minimum atomic E-state index is -2.92. The van der Waals surface area contributed by atoms with E-state index in [0.717, 1.165) is 18.0 Å². The van der Waals surface area contributed by atoms with Crippen molar-refractivity contribution >= 4 is 17.6 Å². The fraction of sp³-hybridized carbons (Fsp3) is 0.467. The molecular weight excluding hydrogens is 324 g/mol. The summed E-state index contributed by atoms with van der Waals surface area (Å²) in [4.78, 5) is 24.2. The van der Waals surface area contributed by atoms with Gasteiger partial charge in [-0.3, -0.25) is 4.79 Å². The predicted molar refractivity (Wildman–Crippen MR) is 77.5 cm³/mol. The number of halogens is 2. The molecule has 4 N–H and O–H groups in total. The number of carbonyl (C=O) groups is 2. The number of nitrogens with two attached hydrogens (primary N) is 1. The number of rotatable bonds is 7. The smallest absolute Gasteiger partial charge is 0.387 e. The van der Waals surface area contributed by atoms with Crippen LogP contribution >= 0.6 is 0 Å². The van der Waals surface area contributed by atoms with Gasteiger partial charge in [-0.05, 0) is 24.3 Å². The van der Waals surface area contributed by atoms with Crippen LogP contribution in [0.1, 0.15) is 6.42 Å². The van der Waals surface area contributed by atoms with Crippen molar-refractivity contribution < 1.29 is 38.4 Å². The topological polar surface area (TPSA) is 99.5 Å². The average Bonchev–Trinajstić information content (AvgIpc) is 2.54. The van der Waals surface area contributed by atoms with Gasteiger partial charge in [0.1, 0.15) is 38.0 Å². The molecule has 1 atom stereocenters. The highest BCUT2D eigenvalue weighted by molar-refractivity contribution is 5.93. The van der Waals surface area contributed by atoms with Crippen molar-refractivity contribution in [2.24, 2.45) is 0 Å². The van der Waals surface area contributed by atoms with E-state index in [4.69, 9.17) is 0 Å². The highest BCUT2D eigenvalue weighted by atomic mass is 19.3. The molecule has 1 fully saturated rings. The molecule has 0 aromatic heterocycles. The molecule has 1 saturated heterocycles. The Labute approximate surface area is 137 Å². The van der Waals surface area contributed by atoms with Gasteiger partial charge in [-0.1, -0.05) is 0 Å². The second-order valence-corrected chi connectivity index (χ2v) is 5.55. The summed E-state index contributed by atoms with van der Waals surface area (Å²) >= 11 is 0. The van der Waals surface area contributed by atoms with Crippen molar-refractivity contribution in [3.05, 3.63) is 24.3 Å². The molecular formula is C15H20F2N3O4+. The van der Waals surface area contributed by atoms with Crippen LogP contribution in [0.2, 0.25) is 0 Å². The van der Waals surface area contributed by atoms with E-state index in [9.17, 15) is 23.5 Å². The summed E-state index contributed by atoms with van der Waals surface area (Å²) in [6, 6.07) is 4.51. The van der Waals surface area contributed by atoms with Gasteiger partial charge in [-0.15, -0.1) is 0 Å². The molecule has 2 rings (SSSR count). The van der Waals surface area contributed by atoms with Crippen LogP contribution < -0.4 is 25.4 Å². The Bertz CT molecular complexity index is 562. The van der Waals surface area contributed by atoms with Crippen LogP contribution in [0.5, 0.6) is 5.75 Å². The first-order valence-corrected chi connectivity index (χ1v) is 7.67. The number of hydrogen-bond donors (Lipinski definition) is 3. The maximum atomic E-state index is 12.1. The highest BCUT2D eigenvalue weighted by Crippen LogP contribution is 2.17. The van der Waals surface area contributed by atoms with Crippen molar-refractivity contribution in [3.8, 4) is 5.75 Å². The van der Waals surface area contributed by atoms with Crippen molar-refractivity contribution in [2.45, 2.75) is 19.1 Å². The number of alkyl halides is 2. The summed E-state index contributed by atoms with van der Waals surface area (Å²) < 4.78 is 28.3. The first-order chi connectivity index (χ1) is 11.5. The molecule has 0 unspecified atom stereocenters. The largest absolute Gasteiger partial charge is 0.544 e. The second kappa shape index (κ2) is 8.55. The Kier molecular flexibility index (Phi) is 6.44. The van der Waals surface area contributed by atoms with Crippen molar-refractivity contribution in [1.82, 2.24) is 0 Å². The number of amides is 1. The Morgan fingerprint density at radius 2 is 1.88 bits per heavy atom. The molecule has 0 spiro atoms. The number of carbonyl (C=O) groups excluding carboxylic acids is 2. The first-order valence-electron chi connectivity index (χ1n) is 7.67. The molecule has 7 nitrogen and oxygen atoms in total. The summed E-state index contributed by atoms with van der Waals surface area (Å²) in [6.07, 6.45) is -0.201. The van der Waals surface area contributed by atoms with Crippen LogP contribution in [0.3, 0.4) is 0 Å². The van der Waals surface area contributed by atoms with Gasteiger partial charge >= 0.3 is 6.61 Å². The molecule has 1 heterocycles. The Morgan fingerprint density at radius 1 is 1.25 bits per heavy atom. The minimum Gasteiger partial charge on any atom is -0.544 e. The third-order valence-electron chi connectivity index (χ3n) is 3.87. The monoisotopic (exact) mass is 344 g/mol. The number of piperazine rings is 1. The molecule has 9 heteroatoms. The van der Waals surface area contributed by atoms with E-state index in [1.807, 2.05) is 0 Å². The van der Waals surface area contributed by atoms with Crippen molar-refractivity contribution in [2.75, 3.05) is 31.5 Å². The molecule has 132 valence electrons. The fourth-order valence-electron chi connectivity index (χ4n) is 2.70. The lowest BCUT2D eigenvalue weighted by Gasteiger charge is -2.30. The van der Waals surface area contributed by atoms with Crippen LogP contribution in [0.25, 0.3) is 0 Å². The quantitative estimate of drug-likeness (QED) is 0.497. The third kappa shape index (κ3) is 5.43. The van der Waals surface area contributed by atoms with Gasteiger partial charge in [-0.2, -0.15) is 8.78 Å². The van der Waals surface area contributed by atoms with Gasteiger partial charge in [0.2, 0.25) is 5.91 Å². The second-order valence-electron chi connectivity index (χ2n) is 5.55. The molecule has 1 aliphatic rings. The number of benzene rings is 1. The maximum Gasteiger partial charge on any atom is 0.387 e. The number of ether oxygens (including phenoxy) is 1. The lowest BCUT2D eigenvalue weighted by molar-refractivity contribution is -0.961. The van der Waals surface area contributed by atoms with Gasteiger partial charge in [0.15, 0.2) is 0 Å². The average molecular weight is 344 g/mol. The number of carboxylic acids is 1. The molecule has 0 saturated carbocycles. The molecule has 1 aliphatic heterocycles. The lowest BCUT2D eigenvalue weighted by atomic mass is 10.1. The standard InChI is InChI=1S/C15H19F2N3O4/c16-15(17)24-11-3-1-10(2-4-11)19-13(21)9-12(14(22)23)20-7-5-18-6-8-20/h1-4,12,15,18H,5-9H2,(H,19,21)(H,22,23)/p+1/t12-/m0/s1. The van der Waals surface area contributed by atoms with Crippen LogP contribution in [0, 0.1) is 0 Å². The van der Waals surface area contributed by atoms with Crippen LogP contribution in [0.15, 0.2) is 24.3 Å². The molecule has 1 amide bonds. The lowest BCUT2D eigenvalue weighted by Crippen LogP contribution is -3.24. The number of nitrogens with one attached hydrogen (secondary N) is 2. The van der Waals surface area contributed by atoms with Crippen molar-refractivity contribution in [1.29, 1.82) is 0 Å². The van der Waals surface area contributed by atoms with E-state index in [0.29, 0.717) is 18.8 Å². The van der Waals surface area contributed by atoms with Gasteiger partial charge in [-0.25, -0.2) is 0 Å². The SMILES string of the molecule is O=C(C[C@@H](C(=O)[O-])[NH+]1CC[NH2+]CC1)Nc1ccc(OC(F)F)cc1. The van der Waals surface area contributed by atoms with Gasteiger partial charge in [0.25, 0.3) is 0 Å². The predicted octanol–water partition coefficient (Wildman–Crippen LogP) is -2.80. The van der Waals surface area contributed by atoms with E-state index in [-0.39, 0.29) is 12.2 Å². The first kappa shape index (κ1) is 18.1. The highest BCUT2D eigenvalue weighted by Gasteiger charge is 2.29. The van der Waals surface area contributed by atoms with E-state index < -0.39 is 24.5 Å². The molecule has 1 aromatic rings. The number of aliphatic carboxylic acids is 1. The maximum absolute atomic E-state index is 12.1. The zero-order chi connectivity index (χ0) is 17.5. The summed E-state index contributed by atoms with van der Waals surface area (Å²) in [5.41, 5.74) is 0.376. The van der Waals surface area contributed by atoms with E-state index >= 15 is 0 Å². The Hall–Kier alpha value is -2.26. The third-order valence-corrected chi connectivity index (χ3v) is 3.87. The van der Waals surface area contributed by atoms with E-state index in [1.165, 1.54) is 24.3 Å². The van der Waals surface area contributed by atoms with Crippen LogP contribution in [0.4, 0.5) is 14.5 Å². The van der Waals surface area contributed by atoms with Crippen LogP contribution in [-0.2, 0) is 9.59 Å². The summed E-state index contributed by atoms with van der Waals surface area (Å²) in [6.45, 7) is 0.0228. The Morgan fingerprint density at radius 3 is 2.42 bits per heavy atom. The molecule has 0 bridgehead atoms. The van der Waals surface area contributed by atoms with E-state index in [1.54, 1.807) is 0 Å². The number of hydrogen-bond acceptors (Lipinski definition) is 4. The number of carboxylic acid groups (broad SMARTS) is 1. The molecule has 1 aromatic carbocycles. The molecule has 0 radical (unpaired) electrons. The zero-order valence-corrected chi connectivity index (χ0v) is 13.0. The zero-order valence-electron chi connectivity index (χ0n) is 13.0. The normalized spacial score (nSPS) is 16.6. The van der Waals surface area contributed by atoms with Gasteiger partial charge < -0.3 is 30.2 Å². The minimum absolute atomic E-state index is 0.0235. The number of anilines is 1. The summed E-state index contributed by atoms with van der Waals surface area (Å²) in [7, 11) is 0. The fourth-order valence-corrected chi connectivity index (χ4v) is 2.70.